The normalized spacial score (nSPS) is 21.7. The lowest BCUT2D eigenvalue weighted by Gasteiger charge is -2.16. The third-order valence-corrected chi connectivity index (χ3v) is 5.25. The van der Waals surface area contributed by atoms with Crippen molar-refractivity contribution < 1.29 is 9.84 Å². The summed E-state index contributed by atoms with van der Waals surface area (Å²) in [6.45, 7) is 2.11. The van der Waals surface area contributed by atoms with Gasteiger partial charge in [-0.2, -0.15) is 5.10 Å². The molecular weight excluding hydrogens is 352 g/mol. The molecule has 2 N–H and O–H groups in total. The SMILES string of the molecule is O[C@@H]1CC(Cn2cccn2)C[C@H]1NCc1ccc(OCc2cccnc2)cc1. The van der Waals surface area contributed by atoms with Crippen molar-refractivity contribution in [3.63, 3.8) is 0 Å². The molecule has 1 fully saturated rings. The van der Waals surface area contributed by atoms with Crippen LogP contribution in [0.25, 0.3) is 0 Å². The molecule has 2 aromatic heterocycles. The van der Waals surface area contributed by atoms with Gasteiger partial charge in [-0.1, -0.05) is 18.2 Å². The minimum atomic E-state index is -0.303. The topological polar surface area (TPSA) is 72.2 Å². The number of pyridine rings is 1. The van der Waals surface area contributed by atoms with E-state index >= 15 is 0 Å². The van der Waals surface area contributed by atoms with Crippen LogP contribution in [0.4, 0.5) is 0 Å². The summed E-state index contributed by atoms with van der Waals surface area (Å²) in [6, 6.07) is 14.1. The number of ether oxygens (including phenoxy) is 1. The first-order chi connectivity index (χ1) is 13.8. The lowest BCUT2D eigenvalue weighted by molar-refractivity contribution is 0.145. The summed E-state index contributed by atoms with van der Waals surface area (Å²) >= 11 is 0. The van der Waals surface area contributed by atoms with E-state index < -0.39 is 0 Å². The average Bonchev–Trinajstić information content (AvgIpc) is 3.36. The molecule has 0 spiro atoms. The van der Waals surface area contributed by atoms with Gasteiger partial charge in [0.2, 0.25) is 0 Å². The van der Waals surface area contributed by atoms with Crippen molar-refractivity contribution in [3.8, 4) is 5.75 Å². The molecule has 1 aromatic carbocycles. The second-order valence-electron chi connectivity index (χ2n) is 7.41. The van der Waals surface area contributed by atoms with E-state index in [1.807, 2.05) is 47.4 Å². The Kier molecular flexibility index (Phi) is 5.99. The molecule has 6 nitrogen and oxygen atoms in total. The highest BCUT2D eigenvalue weighted by atomic mass is 16.5. The number of rotatable bonds is 8. The Morgan fingerprint density at radius 2 is 1.96 bits per heavy atom. The van der Waals surface area contributed by atoms with Crippen molar-refractivity contribution in [2.24, 2.45) is 5.92 Å². The van der Waals surface area contributed by atoms with Crippen molar-refractivity contribution in [2.45, 2.75) is 44.7 Å². The first-order valence-electron chi connectivity index (χ1n) is 9.76. The lowest BCUT2D eigenvalue weighted by Crippen LogP contribution is -2.35. The van der Waals surface area contributed by atoms with Gasteiger partial charge in [0.05, 0.1) is 6.10 Å². The molecule has 0 radical (unpaired) electrons. The summed E-state index contributed by atoms with van der Waals surface area (Å²) in [7, 11) is 0. The minimum absolute atomic E-state index is 0.127. The average molecular weight is 378 g/mol. The van der Waals surface area contributed by atoms with Gasteiger partial charge in [0, 0.05) is 49.5 Å². The summed E-state index contributed by atoms with van der Waals surface area (Å²) in [6.07, 6.45) is 8.82. The molecule has 0 aliphatic heterocycles. The Morgan fingerprint density at radius 1 is 1.07 bits per heavy atom. The molecule has 4 rings (SSSR count). The monoisotopic (exact) mass is 378 g/mol. The molecule has 3 atom stereocenters. The molecule has 0 amide bonds. The van der Waals surface area contributed by atoms with Crippen LogP contribution in [-0.4, -0.2) is 32.0 Å². The van der Waals surface area contributed by atoms with E-state index in [2.05, 4.69) is 27.5 Å². The van der Waals surface area contributed by atoms with Gasteiger partial charge in [-0.05, 0) is 48.6 Å². The van der Waals surface area contributed by atoms with Crippen LogP contribution < -0.4 is 10.1 Å². The van der Waals surface area contributed by atoms with E-state index in [-0.39, 0.29) is 12.1 Å². The van der Waals surface area contributed by atoms with Crippen LogP contribution in [0.5, 0.6) is 5.75 Å². The Hall–Kier alpha value is -2.70. The Balaban J connectivity index is 1.23. The number of hydrogen-bond acceptors (Lipinski definition) is 5. The number of nitrogens with zero attached hydrogens (tertiary/aromatic N) is 3. The van der Waals surface area contributed by atoms with Gasteiger partial charge in [0.15, 0.2) is 0 Å². The molecule has 0 saturated heterocycles. The highest BCUT2D eigenvalue weighted by Gasteiger charge is 2.32. The lowest BCUT2D eigenvalue weighted by atomic mass is 10.1. The predicted octanol–water partition coefficient (Wildman–Crippen LogP) is 2.79. The summed E-state index contributed by atoms with van der Waals surface area (Å²) in [5.74, 6) is 1.29. The second kappa shape index (κ2) is 8.99. The largest absolute Gasteiger partial charge is 0.489 e. The maximum absolute atomic E-state index is 10.4. The quantitative estimate of drug-likeness (QED) is 0.631. The molecule has 1 saturated carbocycles. The number of aliphatic hydroxyl groups excluding tert-OH is 1. The van der Waals surface area contributed by atoms with Gasteiger partial charge in [-0.15, -0.1) is 0 Å². The molecule has 0 bridgehead atoms. The first kappa shape index (κ1) is 18.7. The molecule has 6 heteroatoms. The van der Waals surface area contributed by atoms with Crippen LogP contribution in [0, 0.1) is 5.92 Å². The Bertz CT molecular complexity index is 837. The maximum atomic E-state index is 10.4. The molecule has 2 heterocycles. The molecule has 146 valence electrons. The summed E-state index contributed by atoms with van der Waals surface area (Å²) in [5, 5.41) is 18.1. The minimum Gasteiger partial charge on any atom is -0.489 e. The van der Waals surface area contributed by atoms with Gasteiger partial charge in [-0.25, -0.2) is 0 Å². The maximum Gasteiger partial charge on any atom is 0.119 e. The van der Waals surface area contributed by atoms with E-state index in [0.29, 0.717) is 12.5 Å². The summed E-state index contributed by atoms with van der Waals surface area (Å²) < 4.78 is 7.75. The molecular formula is C22H26N4O2. The van der Waals surface area contributed by atoms with Crippen molar-refractivity contribution in [1.29, 1.82) is 0 Å². The Labute approximate surface area is 165 Å². The second-order valence-corrected chi connectivity index (χ2v) is 7.41. The van der Waals surface area contributed by atoms with Gasteiger partial charge >= 0.3 is 0 Å². The van der Waals surface area contributed by atoms with Gasteiger partial charge in [0.1, 0.15) is 12.4 Å². The fraction of sp³-hybridized carbons (Fsp3) is 0.364. The van der Waals surface area contributed by atoms with Crippen molar-refractivity contribution in [2.75, 3.05) is 0 Å². The fourth-order valence-corrected chi connectivity index (χ4v) is 3.76. The van der Waals surface area contributed by atoms with Crippen molar-refractivity contribution >= 4 is 0 Å². The Morgan fingerprint density at radius 3 is 2.71 bits per heavy atom. The van der Waals surface area contributed by atoms with Crippen LogP contribution in [0.2, 0.25) is 0 Å². The number of hydrogen-bond donors (Lipinski definition) is 2. The van der Waals surface area contributed by atoms with Crippen LogP contribution in [0.3, 0.4) is 0 Å². The standard InChI is InChI=1S/C22H26N4O2/c27-22-12-19(15-26-10-2-9-25-26)11-21(22)24-14-17-4-6-20(7-5-17)28-16-18-3-1-8-23-13-18/h1-10,13,19,21-22,24,27H,11-12,14-16H2/t19?,21-,22-/m1/s1. The van der Waals surface area contributed by atoms with E-state index in [0.717, 1.165) is 37.2 Å². The zero-order valence-electron chi connectivity index (χ0n) is 15.8. The fourth-order valence-electron chi connectivity index (χ4n) is 3.76. The predicted molar refractivity (Wildman–Crippen MR) is 107 cm³/mol. The van der Waals surface area contributed by atoms with Crippen molar-refractivity contribution in [1.82, 2.24) is 20.1 Å². The van der Waals surface area contributed by atoms with E-state index in [4.69, 9.17) is 4.74 Å². The van der Waals surface area contributed by atoms with Crippen molar-refractivity contribution in [3.05, 3.63) is 78.4 Å². The molecule has 28 heavy (non-hydrogen) atoms. The number of aromatic nitrogens is 3. The van der Waals surface area contributed by atoms with Gasteiger partial charge in [0.25, 0.3) is 0 Å². The number of benzene rings is 1. The third-order valence-electron chi connectivity index (χ3n) is 5.25. The highest BCUT2D eigenvalue weighted by Crippen LogP contribution is 2.27. The van der Waals surface area contributed by atoms with E-state index in [9.17, 15) is 5.11 Å². The highest BCUT2D eigenvalue weighted by molar-refractivity contribution is 5.27. The smallest absolute Gasteiger partial charge is 0.119 e. The number of nitrogens with one attached hydrogen (secondary N) is 1. The number of aliphatic hydroxyl groups is 1. The van der Waals surface area contributed by atoms with Gasteiger partial charge in [-0.3, -0.25) is 9.67 Å². The van der Waals surface area contributed by atoms with Crippen LogP contribution >= 0.6 is 0 Å². The zero-order chi connectivity index (χ0) is 19.2. The molecule has 1 aliphatic carbocycles. The molecule has 3 aromatic rings. The van der Waals surface area contributed by atoms with Crippen LogP contribution in [0.15, 0.2) is 67.3 Å². The van der Waals surface area contributed by atoms with Crippen LogP contribution in [0.1, 0.15) is 24.0 Å². The third kappa shape index (κ3) is 4.97. The summed E-state index contributed by atoms with van der Waals surface area (Å²) in [5.41, 5.74) is 2.23. The molecule has 1 unspecified atom stereocenters. The zero-order valence-corrected chi connectivity index (χ0v) is 15.8. The van der Waals surface area contributed by atoms with Crippen LogP contribution in [-0.2, 0) is 19.7 Å². The molecule has 1 aliphatic rings. The summed E-state index contributed by atoms with van der Waals surface area (Å²) in [4.78, 5) is 4.09. The van der Waals surface area contributed by atoms with E-state index in [1.165, 1.54) is 5.56 Å². The van der Waals surface area contributed by atoms with E-state index in [1.54, 1.807) is 12.4 Å². The van der Waals surface area contributed by atoms with Gasteiger partial charge < -0.3 is 15.2 Å². The first-order valence-corrected chi connectivity index (χ1v) is 9.76.